The number of ether oxygens (including phenoxy) is 1. The Balaban J connectivity index is 1.95. The molecule has 0 spiro atoms. The van der Waals surface area contributed by atoms with Gasteiger partial charge in [-0.2, -0.15) is 0 Å². The minimum absolute atomic E-state index is 0.0691. The Hall–Kier alpha value is -2.15. The molecule has 1 N–H and O–H groups in total. The SMILES string of the molecule is CCCNC(=O)C1CCN(Cc2cc([N+](=O)[O-])ccc2OC)CC1. The number of rotatable bonds is 7. The van der Waals surface area contributed by atoms with E-state index >= 15 is 0 Å². The monoisotopic (exact) mass is 335 g/mol. The Bertz CT molecular complexity index is 583. The number of benzene rings is 1. The third kappa shape index (κ3) is 4.67. The quantitative estimate of drug-likeness (QED) is 0.611. The molecule has 132 valence electrons. The molecule has 1 aliphatic heterocycles. The fourth-order valence-electron chi connectivity index (χ4n) is 2.99. The number of hydrogen-bond acceptors (Lipinski definition) is 5. The number of nitro groups is 1. The van der Waals surface area contributed by atoms with E-state index in [0.717, 1.165) is 44.5 Å². The van der Waals surface area contributed by atoms with Crippen molar-refractivity contribution >= 4 is 11.6 Å². The number of piperidine rings is 1. The molecule has 0 bridgehead atoms. The van der Waals surface area contributed by atoms with Crippen LogP contribution >= 0.6 is 0 Å². The van der Waals surface area contributed by atoms with Crippen molar-refractivity contribution in [3.63, 3.8) is 0 Å². The number of methoxy groups -OCH3 is 1. The van der Waals surface area contributed by atoms with Gasteiger partial charge in [0.05, 0.1) is 12.0 Å². The Morgan fingerprint density at radius 1 is 1.42 bits per heavy atom. The summed E-state index contributed by atoms with van der Waals surface area (Å²) < 4.78 is 5.31. The maximum Gasteiger partial charge on any atom is 0.270 e. The fourth-order valence-corrected chi connectivity index (χ4v) is 2.99. The molecule has 1 aliphatic rings. The van der Waals surface area contributed by atoms with Crippen LogP contribution in [0.25, 0.3) is 0 Å². The number of non-ortho nitro benzene ring substituents is 1. The standard InChI is InChI=1S/C17H25N3O4/c1-3-8-18-17(21)13-6-9-19(10-7-13)12-14-11-15(20(22)23)4-5-16(14)24-2/h4-5,11,13H,3,6-10,12H2,1-2H3,(H,18,21). The van der Waals surface area contributed by atoms with Gasteiger partial charge in [0.25, 0.3) is 5.69 Å². The number of carbonyl (C=O) groups is 1. The molecule has 0 aliphatic carbocycles. The van der Waals surface area contributed by atoms with Crippen molar-refractivity contribution in [3.05, 3.63) is 33.9 Å². The van der Waals surface area contributed by atoms with Crippen LogP contribution in [0.2, 0.25) is 0 Å². The summed E-state index contributed by atoms with van der Waals surface area (Å²) in [6.45, 7) is 4.96. The molecule has 0 aromatic heterocycles. The van der Waals surface area contributed by atoms with Crippen LogP contribution in [0, 0.1) is 16.0 Å². The fraction of sp³-hybridized carbons (Fsp3) is 0.588. The molecule has 7 nitrogen and oxygen atoms in total. The lowest BCUT2D eigenvalue weighted by molar-refractivity contribution is -0.385. The minimum atomic E-state index is -0.396. The summed E-state index contributed by atoms with van der Waals surface area (Å²) in [5, 5.41) is 13.9. The molecule has 1 aromatic rings. The van der Waals surface area contributed by atoms with Gasteiger partial charge < -0.3 is 10.1 Å². The van der Waals surface area contributed by atoms with Crippen molar-refractivity contribution in [3.8, 4) is 5.75 Å². The highest BCUT2D eigenvalue weighted by Crippen LogP contribution is 2.27. The Morgan fingerprint density at radius 2 is 2.12 bits per heavy atom. The van der Waals surface area contributed by atoms with Crippen LogP contribution in [-0.4, -0.2) is 42.5 Å². The third-order valence-corrected chi connectivity index (χ3v) is 4.38. The number of hydrogen-bond donors (Lipinski definition) is 1. The first kappa shape index (κ1) is 18.2. The molecule has 1 amide bonds. The van der Waals surface area contributed by atoms with Crippen LogP contribution < -0.4 is 10.1 Å². The van der Waals surface area contributed by atoms with Crippen LogP contribution in [0.4, 0.5) is 5.69 Å². The van der Waals surface area contributed by atoms with Gasteiger partial charge in [0.15, 0.2) is 0 Å². The molecule has 7 heteroatoms. The highest BCUT2D eigenvalue weighted by atomic mass is 16.6. The topological polar surface area (TPSA) is 84.7 Å². The lowest BCUT2D eigenvalue weighted by atomic mass is 9.95. The first-order chi connectivity index (χ1) is 11.5. The number of nitrogens with one attached hydrogen (secondary N) is 1. The van der Waals surface area contributed by atoms with E-state index in [1.807, 2.05) is 6.92 Å². The molecule has 0 atom stereocenters. The predicted molar refractivity (Wildman–Crippen MR) is 91.0 cm³/mol. The summed E-state index contributed by atoms with van der Waals surface area (Å²) in [5.74, 6) is 0.868. The second-order valence-electron chi connectivity index (χ2n) is 6.09. The number of nitro benzene ring substituents is 1. The maximum absolute atomic E-state index is 12.0. The van der Waals surface area contributed by atoms with Gasteiger partial charge in [0.2, 0.25) is 5.91 Å². The molecule has 0 unspecified atom stereocenters. The molecule has 1 heterocycles. The van der Waals surface area contributed by atoms with E-state index in [4.69, 9.17) is 4.74 Å². The summed E-state index contributed by atoms with van der Waals surface area (Å²) in [6, 6.07) is 4.66. The molecular weight excluding hydrogens is 310 g/mol. The van der Waals surface area contributed by atoms with E-state index in [0.29, 0.717) is 12.3 Å². The van der Waals surface area contributed by atoms with Gasteiger partial charge >= 0.3 is 0 Å². The van der Waals surface area contributed by atoms with E-state index < -0.39 is 4.92 Å². The van der Waals surface area contributed by atoms with Crippen molar-refractivity contribution in [2.24, 2.45) is 5.92 Å². The first-order valence-corrected chi connectivity index (χ1v) is 8.36. The third-order valence-electron chi connectivity index (χ3n) is 4.38. The van der Waals surface area contributed by atoms with Gasteiger partial charge in [0.1, 0.15) is 5.75 Å². The molecule has 2 rings (SSSR count). The molecule has 0 saturated carbocycles. The highest BCUT2D eigenvalue weighted by Gasteiger charge is 2.25. The lowest BCUT2D eigenvalue weighted by Gasteiger charge is -2.31. The number of amides is 1. The van der Waals surface area contributed by atoms with Crippen molar-refractivity contribution in [1.29, 1.82) is 0 Å². The van der Waals surface area contributed by atoms with Crippen molar-refractivity contribution < 1.29 is 14.5 Å². The summed E-state index contributed by atoms with van der Waals surface area (Å²) in [6.07, 6.45) is 2.57. The molecule has 1 aromatic carbocycles. The van der Waals surface area contributed by atoms with Gasteiger partial charge in [-0.25, -0.2) is 0 Å². The summed E-state index contributed by atoms with van der Waals surface area (Å²) >= 11 is 0. The molecule has 1 saturated heterocycles. The average Bonchev–Trinajstić information content (AvgIpc) is 2.60. The second kappa shape index (κ2) is 8.63. The van der Waals surface area contributed by atoms with Gasteiger partial charge in [0, 0.05) is 36.7 Å². The van der Waals surface area contributed by atoms with Gasteiger partial charge in [-0.1, -0.05) is 6.92 Å². The maximum atomic E-state index is 12.0. The zero-order valence-corrected chi connectivity index (χ0v) is 14.3. The Morgan fingerprint density at radius 3 is 2.71 bits per heavy atom. The molecule has 1 fully saturated rings. The van der Waals surface area contributed by atoms with Crippen molar-refractivity contribution in [2.45, 2.75) is 32.7 Å². The van der Waals surface area contributed by atoms with E-state index in [2.05, 4.69) is 10.2 Å². The lowest BCUT2D eigenvalue weighted by Crippen LogP contribution is -2.40. The second-order valence-corrected chi connectivity index (χ2v) is 6.09. The largest absolute Gasteiger partial charge is 0.496 e. The normalized spacial score (nSPS) is 15.9. The predicted octanol–water partition coefficient (Wildman–Crippen LogP) is 2.34. The van der Waals surface area contributed by atoms with E-state index in [-0.39, 0.29) is 17.5 Å². The van der Waals surface area contributed by atoms with Crippen molar-refractivity contribution in [1.82, 2.24) is 10.2 Å². The van der Waals surface area contributed by atoms with E-state index in [1.165, 1.54) is 6.07 Å². The molecule has 0 radical (unpaired) electrons. The molecule has 24 heavy (non-hydrogen) atoms. The Labute approximate surface area is 142 Å². The average molecular weight is 335 g/mol. The summed E-state index contributed by atoms with van der Waals surface area (Å²) in [7, 11) is 1.56. The minimum Gasteiger partial charge on any atom is -0.496 e. The van der Waals surface area contributed by atoms with Crippen LogP contribution in [0.3, 0.4) is 0 Å². The van der Waals surface area contributed by atoms with E-state index in [1.54, 1.807) is 19.2 Å². The first-order valence-electron chi connectivity index (χ1n) is 8.36. The van der Waals surface area contributed by atoms with Crippen molar-refractivity contribution in [2.75, 3.05) is 26.7 Å². The van der Waals surface area contributed by atoms with Gasteiger partial charge in [-0.15, -0.1) is 0 Å². The van der Waals surface area contributed by atoms with Gasteiger partial charge in [-0.05, 0) is 38.4 Å². The zero-order chi connectivity index (χ0) is 17.5. The van der Waals surface area contributed by atoms with Crippen LogP contribution in [0.15, 0.2) is 18.2 Å². The zero-order valence-electron chi connectivity index (χ0n) is 14.3. The number of nitrogens with zero attached hydrogens (tertiary/aromatic N) is 2. The van der Waals surface area contributed by atoms with Crippen LogP contribution in [0.1, 0.15) is 31.7 Å². The Kier molecular flexibility index (Phi) is 6.54. The molecular formula is C17H25N3O4. The highest BCUT2D eigenvalue weighted by molar-refractivity contribution is 5.78. The van der Waals surface area contributed by atoms with Crippen LogP contribution in [-0.2, 0) is 11.3 Å². The van der Waals surface area contributed by atoms with Gasteiger partial charge in [-0.3, -0.25) is 19.8 Å². The number of likely N-dealkylation sites (tertiary alicyclic amines) is 1. The van der Waals surface area contributed by atoms with E-state index in [9.17, 15) is 14.9 Å². The smallest absolute Gasteiger partial charge is 0.270 e. The van der Waals surface area contributed by atoms with Crippen LogP contribution in [0.5, 0.6) is 5.75 Å². The summed E-state index contributed by atoms with van der Waals surface area (Å²) in [4.78, 5) is 24.8. The number of carbonyl (C=O) groups excluding carboxylic acids is 1. The summed E-state index contributed by atoms with van der Waals surface area (Å²) in [5.41, 5.74) is 0.875.